The maximum atomic E-state index is 12.5. The summed E-state index contributed by atoms with van der Waals surface area (Å²) in [7, 11) is 1.57. The maximum absolute atomic E-state index is 12.5. The Balaban J connectivity index is 1.54. The Bertz CT molecular complexity index is 912. The maximum Gasteiger partial charge on any atom is 0.312 e. The van der Waals surface area contributed by atoms with Gasteiger partial charge < -0.3 is 19.9 Å². The van der Waals surface area contributed by atoms with Crippen LogP contribution < -0.4 is 10.1 Å². The van der Waals surface area contributed by atoms with E-state index in [1.165, 1.54) is 9.80 Å². The summed E-state index contributed by atoms with van der Waals surface area (Å²) < 4.78 is 5.26. The molecular formula is C22H25N3O4. The van der Waals surface area contributed by atoms with Crippen LogP contribution in [-0.4, -0.2) is 54.3 Å². The molecule has 7 heteroatoms. The van der Waals surface area contributed by atoms with Gasteiger partial charge in [-0.2, -0.15) is 0 Å². The Morgan fingerprint density at radius 1 is 0.966 bits per heavy atom. The largest absolute Gasteiger partial charge is 0.496 e. The van der Waals surface area contributed by atoms with Crippen LogP contribution >= 0.6 is 0 Å². The van der Waals surface area contributed by atoms with E-state index in [1.54, 1.807) is 7.11 Å². The van der Waals surface area contributed by atoms with E-state index in [2.05, 4.69) is 5.32 Å². The number of carbonyl (C=O) groups is 3. The number of hydrogen-bond acceptors (Lipinski definition) is 4. The number of benzene rings is 2. The van der Waals surface area contributed by atoms with E-state index in [1.807, 2.05) is 55.5 Å². The van der Waals surface area contributed by atoms with Gasteiger partial charge in [0.25, 0.3) is 0 Å². The van der Waals surface area contributed by atoms with E-state index in [0.29, 0.717) is 25.4 Å². The first kappa shape index (κ1) is 20.4. The Labute approximate surface area is 170 Å². The molecule has 3 rings (SSSR count). The van der Waals surface area contributed by atoms with Gasteiger partial charge in [-0.3, -0.25) is 14.4 Å². The number of rotatable bonds is 7. The van der Waals surface area contributed by atoms with E-state index in [9.17, 15) is 14.4 Å². The van der Waals surface area contributed by atoms with Gasteiger partial charge in [0, 0.05) is 31.7 Å². The van der Waals surface area contributed by atoms with Crippen molar-refractivity contribution in [2.45, 2.75) is 20.0 Å². The molecule has 1 aliphatic heterocycles. The van der Waals surface area contributed by atoms with Crippen LogP contribution in [0.15, 0.2) is 48.5 Å². The molecule has 0 aromatic heterocycles. The van der Waals surface area contributed by atoms with Gasteiger partial charge in [-0.15, -0.1) is 0 Å². The van der Waals surface area contributed by atoms with Crippen molar-refractivity contribution >= 4 is 17.7 Å². The van der Waals surface area contributed by atoms with Crippen LogP contribution in [0.2, 0.25) is 0 Å². The van der Waals surface area contributed by atoms with E-state index < -0.39 is 11.8 Å². The molecule has 3 amide bonds. The Morgan fingerprint density at radius 2 is 1.59 bits per heavy atom. The van der Waals surface area contributed by atoms with E-state index in [4.69, 9.17) is 4.74 Å². The third-order valence-electron chi connectivity index (χ3n) is 5.02. The Kier molecular flexibility index (Phi) is 6.49. The summed E-state index contributed by atoms with van der Waals surface area (Å²) in [5, 5.41) is 2.78. The highest BCUT2D eigenvalue weighted by molar-refractivity contribution is 6.35. The number of nitrogens with zero attached hydrogens (tertiary/aromatic N) is 2. The zero-order valence-corrected chi connectivity index (χ0v) is 16.7. The molecule has 0 bridgehead atoms. The number of piperazine rings is 1. The molecule has 1 aliphatic rings. The van der Waals surface area contributed by atoms with Gasteiger partial charge in [0.1, 0.15) is 12.3 Å². The predicted molar refractivity (Wildman–Crippen MR) is 108 cm³/mol. The van der Waals surface area contributed by atoms with Crippen molar-refractivity contribution in [3.63, 3.8) is 0 Å². The second kappa shape index (κ2) is 9.23. The summed E-state index contributed by atoms with van der Waals surface area (Å²) in [6.07, 6.45) is 0. The average Bonchev–Trinajstić information content (AvgIpc) is 2.73. The normalized spacial score (nSPS) is 14.1. The monoisotopic (exact) mass is 395 g/mol. The molecule has 29 heavy (non-hydrogen) atoms. The van der Waals surface area contributed by atoms with Crippen molar-refractivity contribution < 1.29 is 19.1 Å². The molecular weight excluding hydrogens is 370 g/mol. The van der Waals surface area contributed by atoms with Gasteiger partial charge in [-0.25, -0.2) is 0 Å². The van der Waals surface area contributed by atoms with Gasteiger partial charge in [-0.05, 0) is 24.1 Å². The smallest absolute Gasteiger partial charge is 0.312 e. The molecule has 2 aromatic rings. The van der Waals surface area contributed by atoms with Crippen LogP contribution in [0.4, 0.5) is 0 Å². The molecule has 0 radical (unpaired) electrons. The van der Waals surface area contributed by atoms with Gasteiger partial charge in [0.05, 0.1) is 7.11 Å². The zero-order valence-electron chi connectivity index (χ0n) is 16.7. The van der Waals surface area contributed by atoms with Crippen molar-refractivity contribution in [1.82, 2.24) is 15.1 Å². The van der Waals surface area contributed by atoms with Crippen LogP contribution in [0.25, 0.3) is 0 Å². The molecule has 152 valence electrons. The number of hydrogen-bond donors (Lipinski definition) is 1. The fourth-order valence-corrected chi connectivity index (χ4v) is 3.28. The average molecular weight is 395 g/mol. The first-order chi connectivity index (χ1) is 14.0. The molecule has 0 unspecified atom stereocenters. The summed E-state index contributed by atoms with van der Waals surface area (Å²) in [6, 6.07) is 15.2. The molecule has 0 aliphatic carbocycles. The van der Waals surface area contributed by atoms with Crippen molar-refractivity contribution in [1.29, 1.82) is 0 Å². The standard InChI is InChI=1S/C22H25N3O4/c1-16-7-3-4-9-18(16)14-24-11-12-25(22(28)21(24)27)15-20(26)23-13-17-8-5-6-10-19(17)29-2/h3-10H,11-15H2,1-2H3,(H,23,26). The molecule has 1 saturated heterocycles. The van der Waals surface area contributed by atoms with Gasteiger partial charge in [0.15, 0.2) is 0 Å². The van der Waals surface area contributed by atoms with Crippen molar-refractivity contribution in [2.24, 2.45) is 0 Å². The molecule has 1 N–H and O–H groups in total. The summed E-state index contributed by atoms with van der Waals surface area (Å²) in [5.74, 6) is -0.845. The third-order valence-corrected chi connectivity index (χ3v) is 5.02. The summed E-state index contributed by atoms with van der Waals surface area (Å²) in [6.45, 7) is 3.25. The second-order valence-corrected chi connectivity index (χ2v) is 6.97. The number of carbonyl (C=O) groups excluding carboxylic acids is 3. The quantitative estimate of drug-likeness (QED) is 0.721. The highest BCUT2D eigenvalue weighted by atomic mass is 16.5. The minimum absolute atomic E-state index is 0.141. The lowest BCUT2D eigenvalue weighted by atomic mass is 10.1. The van der Waals surface area contributed by atoms with Crippen molar-refractivity contribution in [2.75, 3.05) is 26.7 Å². The van der Waals surface area contributed by atoms with E-state index >= 15 is 0 Å². The minimum Gasteiger partial charge on any atom is -0.496 e. The molecule has 0 spiro atoms. The van der Waals surface area contributed by atoms with E-state index in [0.717, 1.165) is 16.7 Å². The van der Waals surface area contributed by atoms with Crippen LogP contribution in [0.1, 0.15) is 16.7 Å². The van der Waals surface area contributed by atoms with Crippen LogP contribution in [0, 0.1) is 6.92 Å². The van der Waals surface area contributed by atoms with Gasteiger partial charge >= 0.3 is 11.8 Å². The second-order valence-electron chi connectivity index (χ2n) is 6.97. The minimum atomic E-state index is -0.641. The predicted octanol–water partition coefficient (Wildman–Crippen LogP) is 1.49. The van der Waals surface area contributed by atoms with Crippen molar-refractivity contribution in [3.05, 3.63) is 65.2 Å². The Morgan fingerprint density at radius 3 is 2.31 bits per heavy atom. The fraction of sp³-hybridized carbons (Fsp3) is 0.318. The lowest BCUT2D eigenvalue weighted by Gasteiger charge is -2.33. The number of aryl methyl sites for hydroxylation is 1. The Hall–Kier alpha value is -3.35. The van der Waals surface area contributed by atoms with Crippen LogP contribution in [0.3, 0.4) is 0 Å². The molecule has 1 heterocycles. The SMILES string of the molecule is COc1ccccc1CNC(=O)CN1CCN(Cc2ccccc2C)C(=O)C1=O. The van der Waals surface area contributed by atoms with Crippen molar-refractivity contribution in [3.8, 4) is 5.75 Å². The highest BCUT2D eigenvalue weighted by Gasteiger charge is 2.33. The van der Waals surface area contributed by atoms with Gasteiger partial charge in [-0.1, -0.05) is 42.5 Å². The lowest BCUT2D eigenvalue weighted by Crippen LogP contribution is -2.55. The highest BCUT2D eigenvalue weighted by Crippen LogP contribution is 2.17. The first-order valence-electron chi connectivity index (χ1n) is 9.51. The number of ether oxygens (including phenoxy) is 1. The number of nitrogens with one attached hydrogen (secondary N) is 1. The first-order valence-corrected chi connectivity index (χ1v) is 9.51. The molecule has 0 saturated carbocycles. The summed E-state index contributed by atoms with van der Waals surface area (Å²) >= 11 is 0. The summed E-state index contributed by atoms with van der Waals surface area (Å²) in [5.41, 5.74) is 2.93. The topological polar surface area (TPSA) is 79.0 Å². The fourth-order valence-electron chi connectivity index (χ4n) is 3.28. The third kappa shape index (κ3) is 4.93. The molecule has 7 nitrogen and oxygen atoms in total. The summed E-state index contributed by atoms with van der Waals surface area (Å²) in [4.78, 5) is 40.1. The number of methoxy groups -OCH3 is 1. The van der Waals surface area contributed by atoms with Gasteiger partial charge in [0.2, 0.25) is 5.91 Å². The number of para-hydroxylation sites is 1. The molecule has 2 aromatic carbocycles. The number of amides is 3. The zero-order chi connectivity index (χ0) is 20.8. The van der Waals surface area contributed by atoms with Crippen LogP contribution in [-0.2, 0) is 27.5 Å². The lowest BCUT2D eigenvalue weighted by molar-refractivity contribution is -0.157. The molecule has 1 fully saturated rings. The molecule has 0 atom stereocenters. The van der Waals surface area contributed by atoms with E-state index in [-0.39, 0.29) is 19.0 Å². The van der Waals surface area contributed by atoms with Crippen LogP contribution in [0.5, 0.6) is 5.75 Å².